The van der Waals surface area contributed by atoms with Gasteiger partial charge < -0.3 is 0 Å². The first kappa shape index (κ1) is 13.2. The predicted molar refractivity (Wildman–Crippen MR) is 71.4 cm³/mol. The van der Waals surface area contributed by atoms with Crippen LogP contribution < -0.4 is 0 Å². The second-order valence-corrected chi connectivity index (χ2v) is 6.69. The Labute approximate surface area is 114 Å². The number of hydrogen-bond donors (Lipinski definition) is 0. The lowest BCUT2D eigenvalue weighted by Gasteiger charge is -2.06. The molecule has 0 saturated carbocycles. The molecule has 0 heterocycles. The molecular weight excluding hydrogens is 319 g/mol. The highest BCUT2D eigenvalue weighted by molar-refractivity contribution is 9.10. The second-order valence-electron chi connectivity index (χ2n) is 3.82. The van der Waals surface area contributed by atoms with E-state index in [1.807, 2.05) is 0 Å². The summed E-state index contributed by atoms with van der Waals surface area (Å²) >= 11 is 3.27. The summed E-state index contributed by atoms with van der Waals surface area (Å²) in [5.74, 6) is -0.930. The van der Waals surface area contributed by atoms with E-state index < -0.39 is 15.7 Å². The van der Waals surface area contributed by atoms with Crippen LogP contribution >= 0.6 is 15.9 Å². The maximum absolute atomic E-state index is 13.5. The maximum atomic E-state index is 13.5. The summed E-state index contributed by atoms with van der Waals surface area (Å²) in [6.07, 6.45) is 0. The van der Waals surface area contributed by atoms with Crippen LogP contribution in [0.5, 0.6) is 0 Å². The fourth-order valence-electron chi connectivity index (χ4n) is 1.62. The molecule has 0 spiro atoms. The molecule has 0 aliphatic rings. The molecule has 0 fully saturated rings. The lowest BCUT2D eigenvalue weighted by molar-refractivity contribution is 0.566. The standard InChI is InChI=1S/C13H10BrFO2S/c14-11-5-3-4-10(8-11)9-18(16,17)13-7-2-1-6-12(13)15/h1-8H,9H2. The maximum Gasteiger partial charge on any atom is 0.185 e. The normalized spacial score (nSPS) is 11.4. The monoisotopic (exact) mass is 328 g/mol. The SMILES string of the molecule is O=S(=O)(Cc1cccc(Br)c1)c1ccccc1F. The van der Waals surface area contributed by atoms with E-state index in [0.717, 1.165) is 10.5 Å². The van der Waals surface area contributed by atoms with Crippen LogP contribution in [0.1, 0.15) is 5.56 Å². The molecule has 0 amide bonds. The van der Waals surface area contributed by atoms with E-state index in [9.17, 15) is 12.8 Å². The molecule has 2 aromatic rings. The van der Waals surface area contributed by atoms with E-state index in [4.69, 9.17) is 0 Å². The highest BCUT2D eigenvalue weighted by Gasteiger charge is 2.19. The van der Waals surface area contributed by atoms with Gasteiger partial charge in [0.1, 0.15) is 10.7 Å². The number of halogens is 2. The Kier molecular flexibility index (Phi) is 3.82. The van der Waals surface area contributed by atoms with Crippen LogP contribution in [-0.2, 0) is 15.6 Å². The lowest BCUT2D eigenvalue weighted by Crippen LogP contribution is -2.07. The van der Waals surface area contributed by atoms with Gasteiger partial charge in [0, 0.05) is 4.47 Å². The van der Waals surface area contributed by atoms with Crippen molar-refractivity contribution in [3.8, 4) is 0 Å². The first-order valence-electron chi connectivity index (χ1n) is 5.21. The Morgan fingerprint density at radius 2 is 1.78 bits per heavy atom. The highest BCUT2D eigenvalue weighted by atomic mass is 79.9. The molecule has 0 radical (unpaired) electrons. The van der Waals surface area contributed by atoms with E-state index >= 15 is 0 Å². The summed E-state index contributed by atoms with van der Waals surface area (Å²) in [4.78, 5) is -0.259. The minimum absolute atomic E-state index is 0.215. The third-order valence-corrected chi connectivity index (χ3v) is 4.63. The van der Waals surface area contributed by atoms with E-state index in [2.05, 4.69) is 15.9 Å². The Bertz CT molecular complexity index is 668. The summed E-state index contributed by atoms with van der Waals surface area (Å²) in [6.45, 7) is 0. The fraction of sp³-hybridized carbons (Fsp3) is 0.0769. The van der Waals surface area contributed by atoms with Crippen LogP contribution in [0.25, 0.3) is 0 Å². The summed E-state index contributed by atoms with van der Waals surface area (Å²) in [7, 11) is -3.66. The Balaban J connectivity index is 2.37. The molecule has 2 aromatic carbocycles. The predicted octanol–water partition coefficient (Wildman–Crippen LogP) is 3.56. The van der Waals surface area contributed by atoms with Crippen LogP contribution in [0.2, 0.25) is 0 Å². The Morgan fingerprint density at radius 3 is 2.44 bits per heavy atom. The minimum atomic E-state index is -3.66. The van der Waals surface area contributed by atoms with Gasteiger partial charge in [-0.2, -0.15) is 0 Å². The van der Waals surface area contributed by atoms with Crippen molar-refractivity contribution in [2.24, 2.45) is 0 Å². The zero-order chi connectivity index (χ0) is 13.2. The van der Waals surface area contributed by atoms with Crippen molar-refractivity contribution in [2.45, 2.75) is 10.6 Å². The molecule has 2 rings (SSSR count). The van der Waals surface area contributed by atoms with Crippen molar-refractivity contribution >= 4 is 25.8 Å². The molecule has 94 valence electrons. The molecule has 0 saturated heterocycles. The first-order chi connectivity index (χ1) is 8.49. The molecule has 0 unspecified atom stereocenters. The average molecular weight is 329 g/mol. The van der Waals surface area contributed by atoms with Crippen LogP contribution in [0.3, 0.4) is 0 Å². The van der Waals surface area contributed by atoms with Gasteiger partial charge in [-0.25, -0.2) is 12.8 Å². The smallest absolute Gasteiger partial charge is 0.185 e. The summed E-state index contributed by atoms with van der Waals surface area (Å²) in [6, 6.07) is 12.4. The molecule has 5 heteroatoms. The van der Waals surface area contributed by atoms with Gasteiger partial charge in [-0.15, -0.1) is 0 Å². The zero-order valence-electron chi connectivity index (χ0n) is 9.31. The van der Waals surface area contributed by atoms with Crippen LogP contribution in [0, 0.1) is 5.82 Å². The molecule has 0 aromatic heterocycles. The van der Waals surface area contributed by atoms with Crippen molar-refractivity contribution in [3.63, 3.8) is 0 Å². The van der Waals surface area contributed by atoms with Gasteiger partial charge in [0.2, 0.25) is 0 Å². The van der Waals surface area contributed by atoms with E-state index in [-0.39, 0.29) is 10.6 Å². The van der Waals surface area contributed by atoms with Gasteiger partial charge in [-0.05, 0) is 29.8 Å². The third kappa shape index (κ3) is 2.97. The van der Waals surface area contributed by atoms with E-state index in [1.165, 1.54) is 18.2 Å². The van der Waals surface area contributed by atoms with Crippen molar-refractivity contribution in [2.75, 3.05) is 0 Å². The Morgan fingerprint density at radius 1 is 1.06 bits per heavy atom. The topological polar surface area (TPSA) is 34.1 Å². The quantitative estimate of drug-likeness (QED) is 0.863. The van der Waals surface area contributed by atoms with E-state index in [1.54, 1.807) is 24.3 Å². The molecule has 0 bridgehead atoms. The first-order valence-corrected chi connectivity index (χ1v) is 7.65. The second kappa shape index (κ2) is 5.20. The van der Waals surface area contributed by atoms with Crippen LogP contribution in [0.15, 0.2) is 57.9 Å². The van der Waals surface area contributed by atoms with Gasteiger partial charge >= 0.3 is 0 Å². The van der Waals surface area contributed by atoms with Gasteiger partial charge in [0.25, 0.3) is 0 Å². The molecule has 2 nitrogen and oxygen atoms in total. The summed E-state index contributed by atoms with van der Waals surface area (Å²) in [5, 5.41) is 0. The highest BCUT2D eigenvalue weighted by Crippen LogP contribution is 2.21. The minimum Gasteiger partial charge on any atom is -0.223 e. The zero-order valence-corrected chi connectivity index (χ0v) is 11.7. The number of benzene rings is 2. The number of rotatable bonds is 3. The number of hydrogen-bond acceptors (Lipinski definition) is 2. The molecule has 0 atom stereocenters. The van der Waals surface area contributed by atoms with Crippen molar-refractivity contribution < 1.29 is 12.8 Å². The van der Waals surface area contributed by atoms with Crippen LogP contribution in [-0.4, -0.2) is 8.42 Å². The number of sulfone groups is 1. The fourth-order valence-corrected chi connectivity index (χ4v) is 3.49. The molecule has 0 aliphatic heterocycles. The van der Waals surface area contributed by atoms with Crippen LogP contribution in [0.4, 0.5) is 4.39 Å². The van der Waals surface area contributed by atoms with Gasteiger partial charge in [-0.3, -0.25) is 0 Å². The molecule has 0 aliphatic carbocycles. The van der Waals surface area contributed by atoms with Crippen molar-refractivity contribution in [1.82, 2.24) is 0 Å². The largest absolute Gasteiger partial charge is 0.223 e. The third-order valence-electron chi connectivity index (χ3n) is 2.42. The molecule has 18 heavy (non-hydrogen) atoms. The van der Waals surface area contributed by atoms with Gasteiger partial charge in [0.05, 0.1) is 5.75 Å². The summed E-state index contributed by atoms with van der Waals surface area (Å²) in [5.41, 5.74) is 0.618. The average Bonchev–Trinajstić information content (AvgIpc) is 2.28. The van der Waals surface area contributed by atoms with Crippen molar-refractivity contribution in [3.05, 3.63) is 64.4 Å². The van der Waals surface area contributed by atoms with Gasteiger partial charge in [0.15, 0.2) is 9.84 Å². The summed E-state index contributed by atoms with van der Waals surface area (Å²) < 4.78 is 38.4. The van der Waals surface area contributed by atoms with E-state index in [0.29, 0.717) is 5.56 Å². The Hall–Kier alpha value is -1.20. The van der Waals surface area contributed by atoms with Crippen molar-refractivity contribution in [1.29, 1.82) is 0 Å². The molecule has 0 N–H and O–H groups in total. The molecular formula is C13H10BrFO2S. The van der Waals surface area contributed by atoms with Gasteiger partial charge in [-0.1, -0.05) is 40.2 Å². The lowest BCUT2D eigenvalue weighted by atomic mass is 10.2.